The van der Waals surface area contributed by atoms with Crippen LogP contribution < -0.4 is 16.4 Å². The third-order valence-electron chi connectivity index (χ3n) is 4.55. The van der Waals surface area contributed by atoms with E-state index >= 15 is 0 Å². The zero-order valence-corrected chi connectivity index (χ0v) is 20.9. The van der Waals surface area contributed by atoms with Crippen LogP contribution in [0, 0.1) is 5.41 Å². The van der Waals surface area contributed by atoms with Crippen molar-refractivity contribution < 1.29 is 9.59 Å². The molecule has 0 spiro atoms. The fraction of sp³-hybridized carbons (Fsp3) is 0.286. The number of amides is 2. The van der Waals surface area contributed by atoms with Crippen LogP contribution in [0.5, 0.6) is 0 Å². The fourth-order valence-electron chi connectivity index (χ4n) is 2.93. The highest BCUT2D eigenvalue weighted by molar-refractivity contribution is 6.35. The summed E-state index contributed by atoms with van der Waals surface area (Å²) in [4.78, 5) is 27.4. The van der Waals surface area contributed by atoms with Gasteiger partial charge in [-0.15, -0.1) is 24.8 Å². The number of carbonyl (C=O) groups excluding carboxylic acids is 2. The third-order valence-corrected chi connectivity index (χ3v) is 5.12. The second-order valence-corrected chi connectivity index (χ2v) is 7.42. The zero-order chi connectivity index (χ0) is 22.3. The van der Waals surface area contributed by atoms with Crippen molar-refractivity contribution in [2.45, 2.75) is 13.8 Å². The summed E-state index contributed by atoms with van der Waals surface area (Å²) >= 11 is 12.4. The monoisotopic (exact) mass is 521 g/mol. The molecule has 0 bridgehead atoms. The Hall–Kier alpha value is -2.03. The number of benzene rings is 2. The number of carbonyl (C=O) groups is 2. The molecule has 0 atom stereocenters. The van der Waals surface area contributed by atoms with Gasteiger partial charge < -0.3 is 16.0 Å². The molecule has 0 aliphatic heterocycles. The molecule has 11 heteroatoms. The lowest BCUT2D eigenvalue weighted by atomic mass is 9.98. The van der Waals surface area contributed by atoms with Gasteiger partial charge in [-0.05, 0) is 55.1 Å². The molecule has 0 aliphatic rings. The van der Waals surface area contributed by atoms with E-state index in [4.69, 9.17) is 34.3 Å². The smallest absolute Gasteiger partial charge is 0.257 e. The van der Waals surface area contributed by atoms with Crippen LogP contribution in [-0.4, -0.2) is 48.9 Å². The minimum atomic E-state index is -0.598. The molecule has 32 heavy (non-hydrogen) atoms. The molecule has 2 amide bonds. The van der Waals surface area contributed by atoms with Crippen molar-refractivity contribution in [3.8, 4) is 11.1 Å². The Morgan fingerprint density at radius 2 is 1.59 bits per heavy atom. The summed E-state index contributed by atoms with van der Waals surface area (Å²) in [6, 6.07) is 9.63. The first-order valence-corrected chi connectivity index (χ1v) is 10.3. The van der Waals surface area contributed by atoms with Crippen molar-refractivity contribution in [1.29, 1.82) is 5.41 Å². The highest BCUT2D eigenvalue weighted by Crippen LogP contribution is 2.32. The molecule has 0 aromatic heterocycles. The van der Waals surface area contributed by atoms with Crippen molar-refractivity contribution in [2.75, 3.05) is 26.2 Å². The van der Waals surface area contributed by atoms with Crippen molar-refractivity contribution >= 4 is 65.8 Å². The summed E-state index contributed by atoms with van der Waals surface area (Å²) in [6.07, 6.45) is 0. The number of halogens is 4. The number of nitrogens with two attached hydrogens (primary N) is 1. The van der Waals surface area contributed by atoms with E-state index in [2.05, 4.69) is 29.4 Å². The standard InChI is InChI=1S/C21H25Cl2N5O2.2ClH/c1-3-28(4-2)8-7-26-19(29)14-9-13(17-12-16(22)5-6-18(17)23)10-15(11-14)20(30)27-21(24)25;;/h5-6,9-12H,3-4,7-8H2,1-2H3,(H,26,29)(H4,24,25,27,30);2*1H. The molecule has 0 saturated heterocycles. The Bertz CT molecular complexity index is 952. The molecule has 0 aliphatic carbocycles. The van der Waals surface area contributed by atoms with Gasteiger partial charge in [0.2, 0.25) is 0 Å². The molecule has 0 radical (unpaired) electrons. The molecule has 2 rings (SSSR count). The first-order valence-electron chi connectivity index (χ1n) is 9.51. The van der Waals surface area contributed by atoms with Crippen molar-refractivity contribution in [2.24, 2.45) is 5.73 Å². The molecule has 2 aromatic rings. The van der Waals surface area contributed by atoms with E-state index in [0.29, 0.717) is 27.7 Å². The number of guanidine groups is 1. The van der Waals surface area contributed by atoms with Gasteiger partial charge in [-0.1, -0.05) is 37.0 Å². The van der Waals surface area contributed by atoms with E-state index in [1.54, 1.807) is 30.3 Å². The van der Waals surface area contributed by atoms with Gasteiger partial charge in [-0.3, -0.25) is 20.3 Å². The van der Waals surface area contributed by atoms with Crippen molar-refractivity contribution in [3.63, 3.8) is 0 Å². The minimum Gasteiger partial charge on any atom is -0.370 e. The minimum absolute atomic E-state index is 0. The van der Waals surface area contributed by atoms with Crippen molar-refractivity contribution in [3.05, 3.63) is 57.6 Å². The first-order chi connectivity index (χ1) is 14.2. The van der Waals surface area contributed by atoms with Crippen LogP contribution in [0.25, 0.3) is 11.1 Å². The maximum absolute atomic E-state index is 12.7. The molecule has 176 valence electrons. The highest BCUT2D eigenvalue weighted by atomic mass is 35.5. The van der Waals surface area contributed by atoms with Crippen LogP contribution in [0.4, 0.5) is 0 Å². The van der Waals surface area contributed by atoms with E-state index in [9.17, 15) is 9.59 Å². The van der Waals surface area contributed by atoms with Crippen molar-refractivity contribution in [1.82, 2.24) is 15.5 Å². The SMILES string of the molecule is CCN(CC)CCNC(=O)c1cc(C(=O)NC(=N)N)cc(-c2cc(Cl)ccc2Cl)c1.Cl.Cl. The van der Waals surface area contributed by atoms with Gasteiger partial charge in [0, 0.05) is 39.8 Å². The summed E-state index contributed by atoms with van der Waals surface area (Å²) in [5.41, 5.74) is 6.86. The molecule has 0 unspecified atom stereocenters. The Balaban J connectivity index is 0.00000480. The molecule has 7 nitrogen and oxygen atoms in total. The largest absolute Gasteiger partial charge is 0.370 e. The van der Waals surface area contributed by atoms with Gasteiger partial charge in [0.05, 0.1) is 0 Å². The zero-order valence-electron chi connectivity index (χ0n) is 17.7. The van der Waals surface area contributed by atoms with Gasteiger partial charge in [-0.25, -0.2) is 0 Å². The van der Waals surface area contributed by atoms with Gasteiger partial charge in [-0.2, -0.15) is 0 Å². The molecule has 0 saturated carbocycles. The van der Waals surface area contributed by atoms with Crippen LogP contribution in [0.3, 0.4) is 0 Å². The van der Waals surface area contributed by atoms with Gasteiger partial charge in [0.1, 0.15) is 0 Å². The third kappa shape index (κ3) is 8.48. The number of nitrogens with one attached hydrogen (secondary N) is 3. The Morgan fingerprint density at radius 1 is 1.00 bits per heavy atom. The highest BCUT2D eigenvalue weighted by Gasteiger charge is 2.16. The lowest BCUT2D eigenvalue weighted by Crippen LogP contribution is -2.36. The topological polar surface area (TPSA) is 111 Å². The van der Waals surface area contributed by atoms with Crippen LogP contribution in [0.2, 0.25) is 10.0 Å². The summed E-state index contributed by atoms with van der Waals surface area (Å²) in [5.74, 6) is -1.41. The second kappa shape index (κ2) is 14.2. The Kier molecular flexibility index (Phi) is 13.3. The average molecular weight is 523 g/mol. The molecule has 0 heterocycles. The number of likely N-dealkylation sites (N-methyl/N-ethyl adjacent to an activating group) is 1. The van der Waals surface area contributed by atoms with E-state index in [0.717, 1.165) is 19.6 Å². The Labute approximate surface area is 210 Å². The van der Waals surface area contributed by atoms with E-state index in [-0.39, 0.29) is 41.8 Å². The fourth-order valence-corrected chi connectivity index (χ4v) is 3.33. The Morgan fingerprint density at radius 3 is 2.16 bits per heavy atom. The van der Waals surface area contributed by atoms with E-state index in [1.807, 2.05) is 0 Å². The second-order valence-electron chi connectivity index (χ2n) is 6.57. The number of rotatable bonds is 8. The van der Waals surface area contributed by atoms with Gasteiger partial charge in [0.25, 0.3) is 11.8 Å². The number of hydrogen-bond acceptors (Lipinski definition) is 4. The quantitative estimate of drug-likeness (QED) is 0.307. The van der Waals surface area contributed by atoms with Crippen LogP contribution >= 0.6 is 48.0 Å². The van der Waals surface area contributed by atoms with Crippen LogP contribution in [0.1, 0.15) is 34.6 Å². The summed E-state index contributed by atoms with van der Waals surface area (Å²) < 4.78 is 0. The number of nitrogens with zero attached hydrogens (tertiary/aromatic N) is 1. The van der Waals surface area contributed by atoms with Crippen LogP contribution in [0.15, 0.2) is 36.4 Å². The maximum Gasteiger partial charge on any atom is 0.257 e. The maximum atomic E-state index is 12.7. The average Bonchev–Trinajstić information content (AvgIpc) is 2.72. The molecular formula is C21H27Cl4N5O2. The molecule has 2 aromatic carbocycles. The first kappa shape index (κ1) is 30.0. The molecule has 5 N–H and O–H groups in total. The molecule has 0 fully saturated rings. The van der Waals surface area contributed by atoms with Gasteiger partial charge >= 0.3 is 0 Å². The predicted molar refractivity (Wildman–Crippen MR) is 136 cm³/mol. The summed E-state index contributed by atoms with van der Waals surface area (Å²) in [5, 5.41) is 13.3. The lowest BCUT2D eigenvalue weighted by molar-refractivity contribution is 0.0949. The van der Waals surface area contributed by atoms with E-state index in [1.165, 1.54) is 6.07 Å². The lowest BCUT2D eigenvalue weighted by Gasteiger charge is -2.18. The summed E-state index contributed by atoms with van der Waals surface area (Å²) in [6.45, 7) is 7.09. The summed E-state index contributed by atoms with van der Waals surface area (Å²) in [7, 11) is 0. The normalized spacial score (nSPS) is 10.0. The predicted octanol–water partition coefficient (Wildman–Crippen LogP) is 4.20. The van der Waals surface area contributed by atoms with E-state index < -0.39 is 11.9 Å². The molecular weight excluding hydrogens is 496 g/mol. The number of hydrogen-bond donors (Lipinski definition) is 4. The van der Waals surface area contributed by atoms with Crippen LogP contribution in [-0.2, 0) is 0 Å². The van der Waals surface area contributed by atoms with Gasteiger partial charge in [0.15, 0.2) is 5.96 Å².